The molecule has 0 aromatic carbocycles. The number of unbranched alkanes of at least 4 members (excludes halogenated alkanes) is 1. The molecule has 0 spiro atoms. The maximum atomic E-state index is 12.4. The van der Waals surface area contributed by atoms with Crippen LogP contribution in [0.5, 0.6) is 0 Å². The summed E-state index contributed by atoms with van der Waals surface area (Å²) in [7, 11) is 0. The average molecular weight is 633 g/mol. The molecule has 2 heterocycles. The van der Waals surface area contributed by atoms with Crippen molar-refractivity contribution in [2.75, 3.05) is 6.54 Å². The van der Waals surface area contributed by atoms with E-state index in [2.05, 4.69) is 14.9 Å². The minimum atomic E-state index is -1.02. The molecule has 13 heteroatoms. The number of hydrogen-bond donors (Lipinski definition) is 2. The number of rotatable bonds is 14. The molecule has 0 aliphatic rings. The van der Waals surface area contributed by atoms with Crippen molar-refractivity contribution >= 4 is 17.9 Å². The van der Waals surface area contributed by atoms with Crippen molar-refractivity contribution in [3.05, 3.63) is 36.4 Å². The molecular formula is C26H42N6O6Tc. The number of carbonyl (C=O) groups excluding carboxylic acids is 2. The summed E-state index contributed by atoms with van der Waals surface area (Å²) >= 11 is 0. The molecule has 0 aliphatic carbocycles. The molecule has 0 aliphatic heterocycles. The summed E-state index contributed by atoms with van der Waals surface area (Å²) in [4.78, 5) is 46.8. The van der Waals surface area contributed by atoms with E-state index in [0.29, 0.717) is 50.5 Å². The molecule has 0 bridgehead atoms. The average Bonchev–Trinajstić information content (AvgIpc) is 3.37. The largest absolute Gasteiger partial charge is 0.480 e. The zero-order valence-electron chi connectivity index (χ0n) is 23.7. The Morgan fingerprint density at radius 2 is 1.33 bits per heavy atom. The van der Waals surface area contributed by atoms with Gasteiger partial charge in [0.15, 0.2) is 0 Å². The number of ether oxygens (including phenoxy) is 2. The van der Waals surface area contributed by atoms with Crippen LogP contribution in [0, 0.1) is 0 Å². The molecule has 0 unspecified atom stereocenters. The van der Waals surface area contributed by atoms with E-state index in [1.165, 1.54) is 0 Å². The van der Waals surface area contributed by atoms with Crippen molar-refractivity contribution in [1.29, 1.82) is 0 Å². The van der Waals surface area contributed by atoms with Crippen LogP contribution in [-0.2, 0) is 70.1 Å². The summed E-state index contributed by atoms with van der Waals surface area (Å²) in [6.45, 7) is 12.4. The van der Waals surface area contributed by atoms with Crippen molar-refractivity contribution < 1.29 is 49.1 Å². The molecule has 0 saturated heterocycles. The van der Waals surface area contributed by atoms with Gasteiger partial charge in [0.2, 0.25) is 0 Å². The van der Waals surface area contributed by atoms with Gasteiger partial charge >= 0.3 is 17.9 Å². The van der Waals surface area contributed by atoms with Crippen molar-refractivity contribution in [3.8, 4) is 0 Å². The third-order valence-electron chi connectivity index (χ3n) is 5.33. The zero-order chi connectivity index (χ0) is 28.5. The first-order valence-electron chi connectivity index (χ1n) is 12.8. The van der Waals surface area contributed by atoms with E-state index in [4.69, 9.17) is 20.3 Å². The van der Waals surface area contributed by atoms with Crippen LogP contribution >= 0.6 is 0 Å². The molecule has 2 aromatic rings. The zero-order valence-corrected chi connectivity index (χ0v) is 25.6. The fraction of sp³-hybridized carbons (Fsp3) is 0.654. The van der Waals surface area contributed by atoms with Gasteiger partial charge in [-0.25, -0.2) is 9.97 Å². The first-order valence-corrected chi connectivity index (χ1v) is 12.8. The Hall–Kier alpha value is -2.60. The third-order valence-corrected chi connectivity index (χ3v) is 5.33. The number of esters is 2. The Kier molecular flexibility index (Phi) is 13.5. The van der Waals surface area contributed by atoms with Crippen molar-refractivity contribution in [1.82, 2.24) is 24.0 Å². The molecule has 3 N–H and O–H groups in total. The van der Waals surface area contributed by atoms with Gasteiger partial charge in [-0.2, -0.15) is 0 Å². The number of imidazole rings is 2. The molecule has 2 aromatic heterocycles. The Balaban J connectivity index is 0.00000760. The Bertz CT molecular complexity index is 1000. The van der Waals surface area contributed by atoms with Gasteiger partial charge in [-0.1, -0.05) is 6.42 Å². The summed E-state index contributed by atoms with van der Waals surface area (Å²) in [5.41, 5.74) is 4.46. The number of nitrogens with two attached hydrogens (primary N) is 1. The second-order valence-corrected chi connectivity index (χ2v) is 11.3. The number of aromatic nitrogens is 4. The molecule has 12 nitrogen and oxygen atoms in total. The maximum absolute atomic E-state index is 12.4. The number of hydrogen-bond acceptors (Lipinski definition) is 9. The van der Waals surface area contributed by atoms with Crippen molar-refractivity contribution in [2.24, 2.45) is 5.73 Å². The predicted octanol–water partition coefficient (Wildman–Crippen LogP) is 2.34. The maximum Gasteiger partial charge on any atom is 0.326 e. The number of carboxylic acids is 1. The summed E-state index contributed by atoms with van der Waals surface area (Å²) in [5, 5.41) is 9.05. The van der Waals surface area contributed by atoms with Gasteiger partial charge in [0.1, 0.15) is 42.0 Å². The first-order chi connectivity index (χ1) is 17.6. The molecular weight excluding hydrogens is 590 g/mol. The third kappa shape index (κ3) is 13.3. The molecule has 0 fully saturated rings. The van der Waals surface area contributed by atoms with E-state index in [1.54, 1.807) is 33.9 Å². The SMILES string of the molecule is CC(C)(C)OC(=O)Cn1ccnc1CN(CCCC[C@H](N)C(=O)O)Cc1nccn1CC(=O)OC(C)(C)C.[Tc]. The smallest absolute Gasteiger partial charge is 0.326 e. The standard InChI is InChI=1S/C26H42N6O6.Tc/c1-25(2,3)37-22(33)17-31-13-10-28-20(31)15-30(12-8-7-9-19(27)24(35)36)16-21-29-11-14-32(21)18-23(34)38-26(4,5)6;/h10-11,13-14,19H,7-9,12,15-18,27H2,1-6H3,(H,35,36);/t19-;/m0./s1. The molecule has 39 heavy (non-hydrogen) atoms. The van der Waals surface area contributed by atoms with Crippen LogP contribution in [0.3, 0.4) is 0 Å². The Morgan fingerprint density at radius 3 is 1.72 bits per heavy atom. The van der Waals surface area contributed by atoms with E-state index in [1.807, 2.05) is 41.5 Å². The van der Waals surface area contributed by atoms with Gasteiger partial charge in [0.25, 0.3) is 0 Å². The summed E-state index contributed by atoms with van der Waals surface area (Å²) in [6, 6.07) is -0.899. The summed E-state index contributed by atoms with van der Waals surface area (Å²) in [5.74, 6) is -0.403. The number of carbonyl (C=O) groups is 3. The van der Waals surface area contributed by atoms with Crippen LogP contribution in [0.15, 0.2) is 24.8 Å². The number of aliphatic carboxylic acids is 1. The quantitative estimate of drug-likeness (QED) is 0.234. The van der Waals surface area contributed by atoms with Gasteiger partial charge in [-0.15, -0.1) is 0 Å². The predicted molar refractivity (Wildman–Crippen MR) is 140 cm³/mol. The summed E-state index contributed by atoms with van der Waals surface area (Å²) in [6.07, 6.45) is 8.41. The van der Waals surface area contributed by atoms with Crippen LogP contribution in [0.1, 0.15) is 72.5 Å². The first kappa shape index (κ1) is 34.4. The molecule has 2 rings (SSSR count). The van der Waals surface area contributed by atoms with Crippen molar-refractivity contribution in [3.63, 3.8) is 0 Å². The van der Waals surface area contributed by atoms with E-state index < -0.39 is 23.2 Å². The van der Waals surface area contributed by atoms with E-state index >= 15 is 0 Å². The Morgan fingerprint density at radius 1 is 0.897 bits per heavy atom. The monoisotopic (exact) mass is 631 g/mol. The number of nitrogens with zero attached hydrogens (tertiary/aromatic N) is 5. The second kappa shape index (κ2) is 15.3. The van der Waals surface area contributed by atoms with Gasteiger partial charge < -0.3 is 29.4 Å². The number of carboxylic acid groups (broad SMARTS) is 1. The van der Waals surface area contributed by atoms with Gasteiger partial charge in [-0.05, 0) is 60.9 Å². The van der Waals surface area contributed by atoms with E-state index in [-0.39, 0.29) is 45.1 Å². The Labute approximate surface area is 243 Å². The fourth-order valence-electron chi connectivity index (χ4n) is 3.73. The van der Waals surface area contributed by atoms with Crippen molar-refractivity contribution in [2.45, 2.75) is 104 Å². The van der Waals surface area contributed by atoms with Crippen LogP contribution in [-0.4, -0.2) is 70.8 Å². The molecule has 0 amide bonds. The second-order valence-electron chi connectivity index (χ2n) is 11.3. The van der Waals surface area contributed by atoms with Gasteiger partial charge in [0, 0.05) is 44.9 Å². The molecule has 219 valence electrons. The van der Waals surface area contributed by atoms with Gasteiger partial charge in [-0.3, -0.25) is 19.3 Å². The van der Waals surface area contributed by atoms with Crippen LogP contribution < -0.4 is 5.73 Å². The minimum Gasteiger partial charge on any atom is -0.480 e. The normalized spacial score (nSPS) is 12.6. The summed E-state index contributed by atoms with van der Waals surface area (Å²) < 4.78 is 14.4. The minimum absolute atomic E-state index is 0. The molecule has 1 radical (unpaired) electrons. The fourth-order valence-corrected chi connectivity index (χ4v) is 3.73. The van der Waals surface area contributed by atoms with Crippen LogP contribution in [0.25, 0.3) is 0 Å². The van der Waals surface area contributed by atoms with E-state index in [0.717, 1.165) is 0 Å². The van der Waals surface area contributed by atoms with Gasteiger partial charge in [0.05, 0.1) is 13.1 Å². The van der Waals surface area contributed by atoms with E-state index in [9.17, 15) is 14.4 Å². The van der Waals surface area contributed by atoms with Crippen LogP contribution in [0.2, 0.25) is 0 Å². The molecule has 0 saturated carbocycles. The van der Waals surface area contributed by atoms with Crippen LogP contribution in [0.4, 0.5) is 0 Å². The molecule has 1 atom stereocenters. The topological polar surface area (TPSA) is 155 Å².